The van der Waals surface area contributed by atoms with Crippen LogP contribution in [0.5, 0.6) is 0 Å². The second-order valence-corrected chi connectivity index (χ2v) is 4.76. The molecule has 0 unspecified atom stereocenters. The van der Waals surface area contributed by atoms with Crippen LogP contribution in [0.2, 0.25) is 0 Å². The summed E-state index contributed by atoms with van der Waals surface area (Å²) in [5.74, 6) is 7.48. The highest BCUT2D eigenvalue weighted by atomic mass is 15.3. The molecule has 0 saturated carbocycles. The van der Waals surface area contributed by atoms with Gasteiger partial charge in [0.05, 0.1) is 0 Å². The molecule has 0 aliphatic carbocycles. The van der Waals surface area contributed by atoms with Crippen molar-refractivity contribution < 1.29 is 0 Å². The van der Waals surface area contributed by atoms with Crippen molar-refractivity contribution in [3.05, 3.63) is 48.0 Å². The summed E-state index contributed by atoms with van der Waals surface area (Å²) in [6, 6.07) is 8.02. The van der Waals surface area contributed by atoms with E-state index < -0.39 is 0 Å². The van der Waals surface area contributed by atoms with Crippen LogP contribution < -0.4 is 16.6 Å². The van der Waals surface area contributed by atoms with E-state index in [0.717, 1.165) is 27.8 Å². The molecular formula is C15H16N6. The van der Waals surface area contributed by atoms with Crippen molar-refractivity contribution in [2.24, 2.45) is 5.84 Å². The van der Waals surface area contributed by atoms with Gasteiger partial charge < -0.3 is 10.7 Å². The Labute approximate surface area is 122 Å². The summed E-state index contributed by atoms with van der Waals surface area (Å²) >= 11 is 0. The molecule has 3 rings (SSSR count). The number of nitrogens with two attached hydrogens (primary N) is 1. The van der Waals surface area contributed by atoms with E-state index in [1.54, 1.807) is 6.20 Å². The topological polar surface area (TPSA) is 88.8 Å². The summed E-state index contributed by atoms with van der Waals surface area (Å²) in [4.78, 5) is 12.9. The van der Waals surface area contributed by atoms with Gasteiger partial charge in [0, 0.05) is 29.0 Å². The number of pyridine rings is 1. The number of aromatic nitrogens is 3. The first-order chi connectivity index (χ1) is 10.2. The first-order valence-electron chi connectivity index (χ1n) is 6.60. The quantitative estimate of drug-likeness (QED) is 0.505. The number of nitrogen functional groups attached to an aromatic ring is 1. The van der Waals surface area contributed by atoms with Crippen molar-refractivity contribution in [3.8, 4) is 0 Å². The lowest BCUT2D eigenvalue weighted by atomic mass is 10.1. The Morgan fingerprint density at radius 3 is 2.67 bits per heavy atom. The summed E-state index contributed by atoms with van der Waals surface area (Å²) in [6.07, 6.45) is 3.62. The molecule has 2 heterocycles. The molecule has 0 aliphatic rings. The second-order valence-electron chi connectivity index (χ2n) is 4.76. The van der Waals surface area contributed by atoms with Crippen LogP contribution in [-0.2, 0) is 0 Å². The number of nitrogens with zero attached hydrogens (tertiary/aromatic N) is 3. The molecule has 6 nitrogen and oxygen atoms in total. The summed E-state index contributed by atoms with van der Waals surface area (Å²) in [5, 5.41) is 5.50. The maximum Gasteiger partial charge on any atom is 0.148 e. The smallest absolute Gasteiger partial charge is 0.148 e. The van der Waals surface area contributed by atoms with Crippen molar-refractivity contribution in [2.45, 2.75) is 13.8 Å². The van der Waals surface area contributed by atoms with Gasteiger partial charge in [0.1, 0.15) is 17.5 Å². The zero-order valence-corrected chi connectivity index (χ0v) is 11.9. The summed E-state index contributed by atoms with van der Waals surface area (Å²) in [6.45, 7) is 3.75. The summed E-state index contributed by atoms with van der Waals surface area (Å²) in [7, 11) is 0. The first-order valence-corrected chi connectivity index (χ1v) is 6.60. The highest BCUT2D eigenvalue weighted by molar-refractivity contribution is 5.94. The lowest BCUT2D eigenvalue weighted by molar-refractivity contribution is 1.03. The van der Waals surface area contributed by atoms with Crippen LogP contribution in [-0.4, -0.2) is 15.0 Å². The predicted molar refractivity (Wildman–Crippen MR) is 84.3 cm³/mol. The molecule has 0 radical (unpaired) electrons. The number of benzene rings is 1. The SMILES string of the molecule is Cc1nc(NN)c(C)c(Nc2cccc3ccncc23)n1. The molecule has 0 amide bonds. The molecular weight excluding hydrogens is 264 g/mol. The molecule has 0 aliphatic heterocycles. The Morgan fingerprint density at radius 1 is 1.05 bits per heavy atom. The Hall–Kier alpha value is -2.73. The minimum absolute atomic E-state index is 0.614. The fourth-order valence-electron chi connectivity index (χ4n) is 2.24. The van der Waals surface area contributed by atoms with Gasteiger partial charge in [0.15, 0.2) is 0 Å². The Kier molecular flexibility index (Phi) is 3.37. The zero-order chi connectivity index (χ0) is 14.8. The fourth-order valence-corrected chi connectivity index (χ4v) is 2.24. The van der Waals surface area contributed by atoms with Crippen LogP contribution in [0, 0.1) is 13.8 Å². The van der Waals surface area contributed by atoms with Gasteiger partial charge in [-0.05, 0) is 31.4 Å². The third-order valence-electron chi connectivity index (χ3n) is 3.33. The first kappa shape index (κ1) is 13.3. The van der Waals surface area contributed by atoms with Crippen LogP contribution in [0.3, 0.4) is 0 Å². The van der Waals surface area contributed by atoms with E-state index in [2.05, 4.69) is 25.7 Å². The molecule has 4 N–H and O–H groups in total. The number of fused-ring (bicyclic) bond motifs is 1. The lowest BCUT2D eigenvalue weighted by Gasteiger charge is -2.13. The monoisotopic (exact) mass is 280 g/mol. The van der Waals surface area contributed by atoms with Gasteiger partial charge in [-0.15, -0.1) is 0 Å². The van der Waals surface area contributed by atoms with Crippen molar-refractivity contribution in [1.29, 1.82) is 0 Å². The van der Waals surface area contributed by atoms with Gasteiger partial charge in [-0.3, -0.25) is 4.98 Å². The van der Waals surface area contributed by atoms with Gasteiger partial charge in [-0.25, -0.2) is 15.8 Å². The third-order valence-corrected chi connectivity index (χ3v) is 3.33. The van der Waals surface area contributed by atoms with Crippen molar-refractivity contribution in [2.75, 3.05) is 10.7 Å². The molecule has 1 aromatic carbocycles. The molecule has 6 heteroatoms. The number of hydrazine groups is 1. The van der Waals surface area contributed by atoms with Gasteiger partial charge >= 0.3 is 0 Å². The van der Waals surface area contributed by atoms with E-state index in [-0.39, 0.29) is 0 Å². The molecule has 0 bridgehead atoms. The van der Waals surface area contributed by atoms with Crippen molar-refractivity contribution in [3.63, 3.8) is 0 Å². The summed E-state index contributed by atoms with van der Waals surface area (Å²) < 4.78 is 0. The van der Waals surface area contributed by atoms with E-state index in [4.69, 9.17) is 5.84 Å². The molecule has 106 valence electrons. The largest absolute Gasteiger partial charge is 0.339 e. The van der Waals surface area contributed by atoms with Gasteiger partial charge in [0.25, 0.3) is 0 Å². The van der Waals surface area contributed by atoms with E-state index in [1.165, 1.54) is 0 Å². The Bertz CT molecular complexity index is 794. The average molecular weight is 280 g/mol. The molecule has 0 spiro atoms. The maximum atomic E-state index is 5.49. The number of anilines is 3. The number of aryl methyl sites for hydroxylation is 1. The van der Waals surface area contributed by atoms with Gasteiger partial charge in [-0.1, -0.05) is 12.1 Å². The molecule has 0 atom stereocenters. The number of rotatable bonds is 3. The average Bonchev–Trinajstić information content (AvgIpc) is 2.51. The maximum absolute atomic E-state index is 5.49. The lowest BCUT2D eigenvalue weighted by Crippen LogP contribution is -2.13. The zero-order valence-electron chi connectivity index (χ0n) is 11.9. The van der Waals surface area contributed by atoms with E-state index in [1.807, 2.05) is 44.3 Å². The summed E-state index contributed by atoms with van der Waals surface area (Å²) in [5.41, 5.74) is 4.41. The van der Waals surface area contributed by atoms with E-state index in [9.17, 15) is 0 Å². The Morgan fingerprint density at radius 2 is 1.86 bits per heavy atom. The van der Waals surface area contributed by atoms with Crippen LogP contribution in [0.15, 0.2) is 36.7 Å². The molecule has 0 fully saturated rings. The molecule has 21 heavy (non-hydrogen) atoms. The van der Waals surface area contributed by atoms with Gasteiger partial charge in [0.2, 0.25) is 0 Å². The van der Waals surface area contributed by atoms with Crippen molar-refractivity contribution >= 4 is 28.1 Å². The highest BCUT2D eigenvalue weighted by Crippen LogP contribution is 2.27. The minimum Gasteiger partial charge on any atom is -0.339 e. The Balaban J connectivity index is 2.09. The second kappa shape index (κ2) is 5.34. The van der Waals surface area contributed by atoms with Crippen LogP contribution in [0.4, 0.5) is 17.3 Å². The van der Waals surface area contributed by atoms with Gasteiger partial charge in [-0.2, -0.15) is 0 Å². The van der Waals surface area contributed by atoms with Crippen LogP contribution in [0.25, 0.3) is 10.8 Å². The van der Waals surface area contributed by atoms with E-state index in [0.29, 0.717) is 11.6 Å². The van der Waals surface area contributed by atoms with Crippen molar-refractivity contribution in [1.82, 2.24) is 15.0 Å². The standard InChI is InChI=1S/C15H16N6/c1-9-14(18-10(2)19-15(9)21-16)20-13-5-3-4-11-6-7-17-8-12(11)13/h3-8H,16H2,1-2H3,(H2,18,19,20,21). The predicted octanol–water partition coefficient (Wildman–Crippen LogP) is 2.67. The highest BCUT2D eigenvalue weighted by Gasteiger charge is 2.10. The van der Waals surface area contributed by atoms with Crippen LogP contribution >= 0.6 is 0 Å². The molecule has 2 aromatic heterocycles. The molecule has 3 aromatic rings. The molecule has 0 saturated heterocycles. The fraction of sp³-hybridized carbons (Fsp3) is 0.133. The van der Waals surface area contributed by atoms with Crippen LogP contribution in [0.1, 0.15) is 11.4 Å². The normalized spacial score (nSPS) is 10.6. The number of hydrogen-bond donors (Lipinski definition) is 3. The number of nitrogens with one attached hydrogen (secondary N) is 2. The number of hydrogen-bond acceptors (Lipinski definition) is 6. The van der Waals surface area contributed by atoms with E-state index >= 15 is 0 Å². The third kappa shape index (κ3) is 2.48. The minimum atomic E-state index is 0.614.